The monoisotopic (exact) mass is 396 g/mol. The number of fused-ring (bicyclic) bond motifs is 1. The van der Waals surface area contributed by atoms with E-state index in [2.05, 4.69) is 10.3 Å². The minimum Gasteiger partial charge on any atom is -0.548 e. The lowest BCUT2D eigenvalue weighted by molar-refractivity contribution is -0.309. The van der Waals surface area contributed by atoms with Crippen molar-refractivity contribution in [3.63, 3.8) is 0 Å². The highest BCUT2D eigenvalue weighted by atomic mass is 16.4. The normalized spacial score (nSPS) is 13.0. The number of rotatable bonds is 7. The van der Waals surface area contributed by atoms with Crippen molar-refractivity contribution in [3.8, 4) is 0 Å². The van der Waals surface area contributed by atoms with Crippen LogP contribution in [0.25, 0.3) is 10.9 Å². The molecule has 3 N–H and O–H groups in total. The van der Waals surface area contributed by atoms with E-state index in [1.807, 2.05) is 0 Å². The van der Waals surface area contributed by atoms with Crippen molar-refractivity contribution in [2.24, 2.45) is 0 Å². The van der Waals surface area contributed by atoms with Gasteiger partial charge in [0.05, 0.1) is 29.5 Å². The molecule has 0 spiro atoms. The molecule has 0 saturated heterocycles. The first kappa shape index (κ1) is 20.0. The van der Waals surface area contributed by atoms with Crippen LogP contribution in [0, 0.1) is 0 Å². The van der Waals surface area contributed by atoms with Gasteiger partial charge in [0.1, 0.15) is 6.04 Å². The molecule has 3 aromatic rings. The molecule has 9 heteroatoms. The van der Waals surface area contributed by atoms with Crippen LogP contribution in [0.1, 0.15) is 11.6 Å². The average molecular weight is 396 g/mol. The molecule has 1 heterocycles. The number of para-hydroxylation sites is 1. The van der Waals surface area contributed by atoms with E-state index in [-0.39, 0.29) is 11.8 Å². The van der Waals surface area contributed by atoms with E-state index in [1.165, 1.54) is 6.07 Å². The zero-order valence-electron chi connectivity index (χ0n) is 15.2. The molecule has 150 valence electrons. The Bertz CT molecular complexity index is 1150. The molecule has 1 aromatic heterocycles. The highest BCUT2D eigenvalue weighted by molar-refractivity contribution is 5.86. The van der Waals surface area contributed by atoms with E-state index < -0.39 is 41.8 Å². The lowest BCUT2D eigenvalue weighted by Gasteiger charge is -2.23. The van der Waals surface area contributed by atoms with Crippen molar-refractivity contribution >= 4 is 22.8 Å². The van der Waals surface area contributed by atoms with Crippen LogP contribution in [0.4, 0.5) is 0 Å². The number of carbonyl (C=O) groups excluding carboxylic acids is 2. The number of carbonyl (C=O) groups is 2. The van der Waals surface area contributed by atoms with Gasteiger partial charge in [-0.15, -0.1) is 0 Å². The molecular weight excluding hydrogens is 378 g/mol. The Labute approximate surface area is 164 Å². The summed E-state index contributed by atoms with van der Waals surface area (Å²) < 4.78 is 0.758. The molecule has 0 aliphatic carbocycles. The lowest BCUT2D eigenvalue weighted by Crippen LogP contribution is -2.54. The Morgan fingerprint density at radius 3 is 2.38 bits per heavy atom. The molecule has 9 nitrogen and oxygen atoms in total. The SMILES string of the molecule is O=C([O-])[C@H](CO)NC(=O)[C@@H](Cc1ccccc1)n1c(=O)[nH]c2ccccc2c1=O. The van der Waals surface area contributed by atoms with Gasteiger partial charge < -0.3 is 25.3 Å². The number of aliphatic hydroxyl groups is 1. The van der Waals surface area contributed by atoms with Crippen LogP contribution in [0.2, 0.25) is 0 Å². The fourth-order valence-corrected chi connectivity index (χ4v) is 3.04. The second kappa shape index (κ2) is 8.53. The summed E-state index contributed by atoms with van der Waals surface area (Å²) in [5.74, 6) is -2.58. The number of hydrogen-bond acceptors (Lipinski definition) is 6. The standard InChI is InChI=1S/C20H19N3O6/c24-11-15(19(27)28)21-17(25)16(10-12-6-2-1-3-7-12)23-18(26)13-8-4-5-9-14(13)22-20(23)29/h1-9,15-16,24H,10-11H2,(H,21,25)(H,22,29)(H,27,28)/p-1/t15-,16+/m0/s1. The Balaban J connectivity index is 2.11. The molecule has 0 fully saturated rings. The van der Waals surface area contributed by atoms with Gasteiger partial charge in [-0.2, -0.15) is 0 Å². The van der Waals surface area contributed by atoms with E-state index in [1.54, 1.807) is 48.5 Å². The average Bonchev–Trinajstić information content (AvgIpc) is 2.71. The third-order valence-corrected chi connectivity index (χ3v) is 4.51. The summed E-state index contributed by atoms with van der Waals surface area (Å²) in [7, 11) is 0. The largest absolute Gasteiger partial charge is 0.548 e. The Kier molecular flexibility index (Phi) is 5.89. The topological polar surface area (TPSA) is 144 Å². The van der Waals surface area contributed by atoms with Gasteiger partial charge in [0.15, 0.2) is 0 Å². The summed E-state index contributed by atoms with van der Waals surface area (Å²) in [6.45, 7) is -0.894. The van der Waals surface area contributed by atoms with Gasteiger partial charge in [0.25, 0.3) is 5.56 Å². The van der Waals surface area contributed by atoms with Gasteiger partial charge >= 0.3 is 5.69 Å². The number of nitrogens with one attached hydrogen (secondary N) is 2. The van der Waals surface area contributed by atoms with Crippen LogP contribution >= 0.6 is 0 Å². The maximum atomic E-state index is 13.0. The van der Waals surface area contributed by atoms with Crippen molar-refractivity contribution in [1.82, 2.24) is 14.9 Å². The quantitative estimate of drug-likeness (QED) is 0.453. The lowest BCUT2D eigenvalue weighted by atomic mass is 10.0. The van der Waals surface area contributed by atoms with Crippen molar-refractivity contribution in [3.05, 3.63) is 81.0 Å². The fourth-order valence-electron chi connectivity index (χ4n) is 3.04. The highest BCUT2D eigenvalue weighted by Gasteiger charge is 2.27. The fraction of sp³-hybridized carbons (Fsp3) is 0.200. The van der Waals surface area contributed by atoms with Crippen LogP contribution in [0.3, 0.4) is 0 Å². The minimum absolute atomic E-state index is 0.0425. The van der Waals surface area contributed by atoms with E-state index in [0.29, 0.717) is 11.1 Å². The van der Waals surface area contributed by atoms with Crippen molar-refractivity contribution in [2.75, 3.05) is 6.61 Å². The smallest absolute Gasteiger partial charge is 0.329 e. The number of carboxylic acid groups (broad SMARTS) is 1. The number of H-pyrrole nitrogens is 1. The first-order valence-corrected chi connectivity index (χ1v) is 8.82. The third kappa shape index (κ3) is 4.25. The summed E-state index contributed by atoms with van der Waals surface area (Å²) in [6, 6.07) is 12.0. The number of carboxylic acids is 1. The van der Waals surface area contributed by atoms with E-state index in [0.717, 1.165) is 4.57 Å². The molecule has 0 saturated carbocycles. The summed E-state index contributed by atoms with van der Waals surface area (Å²) in [6.07, 6.45) is -0.0425. The number of nitrogens with zero attached hydrogens (tertiary/aromatic N) is 1. The molecule has 1 amide bonds. The molecule has 0 aliphatic rings. The van der Waals surface area contributed by atoms with Crippen molar-refractivity contribution < 1.29 is 19.8 Å². The predicted molar refractivity (Wildman–Crippen MR) is 102 cm³/mol. The number of aliphatic hydroxyl groups excluding tert-OH is 1. The zero-order chi connectivity index (χ0) is 21.0. The zero-order valence-corrected chi connectivity index (χ0v) is 15.2. The van der Waals surface area contributed by atoms with Gasteiger partial charge in [-0.05, 0) is 17.7 Å². The number of benzene rings is 2. The number of aliphatic carboxylic acids is 1. The van der Waals surface area contributed by atoms with Gasteiger partial charge in [-0.3, -0.25) is 9.59 Å². The Morgan fingerprint density at radius 1 is 1.07 bits per heavy atom. The van der Waals surface area contributed by atoms with Crippen LogP contribution in [-0.2, 0) is 16.0 Å². The predicted octanol–water partition coefficient (Wildman–Crippen LogP) is -1.30. The Morgan fingerprint density at radius 2 is 1.72 bits per heavy atom. The van der Waals surface area contributed by atoms with Gasteiger partial charge in [0.2, 0.25) is 5.91 Å². The summed E-state index contributed by atoms with van der Waals surface area (Å²) in [5.41, 5.74) is -0.519. The van der Waals surface area contributed by atoms with Crippen LogP contribution < -0.4 is 21.7 Å². The first-order chi connectivity index (χ1) is 13.9. The number of hydrogen-bond donors (Lipinski definition) is 3. The van der Waals surface area contributed by atoms with Gasteiger partial charge in [0, 0.05) is 6.42 Å². The van der Waals surface area contributed by atoms with Gasteiger partial charge in [-0.1, -0.05) is 42.5 Å². The number of amides is 1. The first-order valence-electron chi connectivity index (χ1n) is 8.82. The Hall–Kier alpha value is -3.72. The molecule has 2 aromatic carbocycles. The summed E-state index contributed by atoms with van der Waals surface area (Å²) >= 11 is 0. The molecule has 0 radical (unpaired) electrons. The van der Waals surface area contributed by atoms with Crippen LogP contribution in [0.15, 0.2) is 64.2 Å². The molecule has 29 heavy (non-hydrogen) atoms. The second-order valence-corrected chi connectivity index (χ2v) is 6.42. The maximum Gasteiger partial charge on any atom is 0.329 e. The summed E-state index contributed by atoms with van der Waals surface area (Å²) in [5, 5.41) is 22.6. The van der Waals surface area contributed by atoms with Crippen LogP contribution in [0.5, 0.6) is 0 Å². The number of aromatic nitrogens is 2. The minimum atomic E-state index is -1.68. The molecule has 0 aliphatic heterocycles. The maximum absolute atomic E-state index is 13.0. The van der Waals surface area contributed by atoms with E-state index in [4.69, 9.17) is 5.11 Å². The van der Waals surface area contributed by atoms with Crippen molar-refractivity contribution in [1.29, 1.82) is 0 Å². The van der Waals surface area contributed by atoms with Crippen molar-refractivity contribution in [2.45, 2.75) is 18.5 Å². The number of aromatic amines is 1. The molecule has 0 bridgehead atoms. The highest BCUT2D eigenvalue weighted by Crippen LogP contribution is 2.14. The van der Waals surface area contributed by atoms with Gasteiger partial charge in [-0.25, -0.2) is 9.36 Å². The molecule has 2 atom stereocenters. The molecular formula is C20H18N3O6-. The summed E-state index contributed by atoms with van der Waals surface area (Å²) in [4.78, 5) is 52.1. The third-order valence-electron chi connectivity index (χ3n) is 4.51. The molecule has 3 rings (SSSR count). The molecule has 0 unspecified atom stereocenters. The van der Waals surface area contributed by atoms with E-state index >= 15 is 0 Å². The second-order valence-electron chi connectivity index (χ2n) is 6.42. The van der Waals surface area contributed by atoms with E-state index in [9.17, 15) is 24.3 Å². The van der Waals surface area contributed by atoms with Crippen LogP contribution in [-0.4, -0.2) is 39.2 Å².